The fourth-order valence-corrected chi connectivity index (χ4v) is 2.73. The molecule has 0 saturated carbocycles. The number of hydrogen-bond donors (Lipinski definition) is 1. The van der Waals surface area contributed by atoms with Crippen molar-refractivity contribution in [2.75, 3.05) is 6.61 Å². The van der Waals surface area contributed by atoms with Crippen molar-refractivity contribution in [3.63, 3.8) is 0 Å². The molecule has 1 aromatic rings. The maximum Gasteiger partial charge on any atom is 0.124 e. The summed E-state index contributed by atoms with van der Waals surface area (Å²) in [6.45, 7) is 4.37. The van der Waals surface area contributed by atoms with Gasteiger partial charge in [0.05, 0.1) is 28.8 Å². The van der Waals surface area contributed by atoms with E-state index in [1.165, 1.54) is 11.3 Å². The van der Waals surface area contributed by atoms with Crippen LogP contribution in [-0.2, 0) is 10.3 Å². The van der Waals surface area contributed by atoms with Crippen LogP contribution in [0.2, 0.25) is 0 Å². The highest BCUT2D eigenvalue weighted by Crippen LogP contribution is 2.36. The highest BCUT2D eigenvalue weighted by molar-refractivity contribution is 7.09. The van der Waals surface area contributed by atoms with Crippen LogP contribution >= 0.6 is 11.3 Å². The summed E-state index contributed by atoms with van der Waals surface area (Å²) < 4.78 is 5.50. The molecule has 2 heterocycles. The summed E-state index contributed by atoms with van der Waals surface area (Å²) in [5.74, 6) is 0. The van der Waals surface area contributed by atoms with E-state index in [0.717, 1.165) is 23.4 Å². The van der Waals surface area contributed by atoms with Crippen molar-refractivity contribution in [2.45, 2.75) is 38.4 Å². The molecule has 1 aromatic heterocycles. The fraction of sp³-hybridized carbons (Fsp3) is 0.700. The second-order valence-corrected chi connectivity index (χ2v) is 4.81. The lowest BCUT2D eigenvalue weighted by atomic mass is 9.92. The first-order chi connectivity index (χ1) is 6.62. The molecular formula is C10H15NO2S. The normalized spacial score (nSPS) is 33.2. The van der Waals surface area contributed by atoms with Crippen LogP contribution in [0.25, 0.3) is 0 Å². The van der Waals surface area contributed by atoms with Gasteiger partial charge >= 0.3 is 0 Å². The van der Waals surface area contributed by atoms with Crippen LogP contribution in [0, 0.1) is 6.92 Å². The molecule has 3 nitrogen and oxygen atoms in total. The molecule has 0 aliphatic carbocycles. The van der Waals surface area contributed by atoms with Gasteiger partial charge in [0.25, 0.3) is 0 Å². The largest absolute Gasteiger partial charge is 0.382 e. The van der Waals surface area contributed by atoms with E-state index in [0.29, 0.717) is 6.61 Å². The zero-order valence-electron chi connectivity index (χ0n) is 8.49. The minimum absolute atomic E-state index is 0.267. The maximum atomic E-state index is 10.4. The van der Waals surface area contributed by atoms with Gasteiger partial charge in [0.1, 0.15) is 5.60 Å². The molecule has 78 valence electrons. The van der Waals surface area contributed by atoms with Crippen LogP contribution in [-0.4, -0.2) is 22.8 Å². The van der Waals surface area contributed by atoms with Gasteiger partial charge in [-0.3, -0.25) is 0 Å². The highest BCUT2D eigenvalue weighted by Gasteiger charge is 2.36. The molecule has 4 heteroatoms. The molecule has 1 aliphatic heterocycles. The molecule has 0 radical (unpaired) electrons. The van der Waals surface area contributed by atoms with Crippen LogP contribution in [0.3, 0.4) is 0 Å². The lowest BCUT2D eigenvalue weighted by molar-refractivity contribution is -0.117. The fourth-order valence-electron chi connectivity index (χ4n) is 1.81. The molecule has 2 atom stereocenters. The Balaban J connectivity index is 2.21. The molecule has 0 amide bonds. The van der Waals surface area contributed by atoms with Crippen LogP contribution < -0.4 is 0 Å². The minimum Gasteiger partial charge on any atom is -0.382 e. The number of thiazole rings is 1. The van der Waals surface area contributed by atoms with E-state index in [1.807, 2.05) is 13.8 Å². The third-order valence-electron chi connectivity index (χ3n) is 2.74. The summed E-state index contributed by atoms with van der Waals surface area (Å²) in [5.41, 5.74) is 1.91. The third-order valence-corrected chi connectivity index (χ3v) is 3.86. The van der Waals surface area contributed by atoms with Gasteiger partial charge in [-0.05, 0) is 26.7 Å². The first kappa shape index (κ1) is 10.1. The van der Waals surface area contributed by atoms with E-state index >= 15 is 0 Å². The average Bonchev–Trinajstić information content (AvgIpc) is 2.58. The van der Waals surface area contributed by atoms with Crippen molar-refractivity contribution >= 4 is 11.3 Å². The Hall–Kier alpha value is -0.450. The van der Waals surface area contributed by atoms with Gasteiger partial charge in [0.15, 0.2) is 0 Å². The van der Waals surface area contributed by atoms with Crippen molar-refractivity contribution in [3.05, 3.63) is 16.1 Å². The molecule has 1 aliphatic rings. The molecule has 0 aromatic carbocycles. The van der Waals surface area contributed by atoms with Gasteiger partial charge in [-0.15, -0.1) is 11.3 Å². The van der Waals surface area contributed by atoms with Gasteiger partial charge in [-0.1, -0.05) is 0 Å². The van der Waals surface area contributed by atoms with E-state index in [4.69, 9.17) is 4.74 Å². The molecule has 1 saturated heterocycles. The maximum absolute atomic E-state index is 10.4. The Morgan fingerprint density at radius 2 is 2.50 bits per heavy atom. The number of ether oxygens (including phenoxy) is 1. The summed E-state index contributed by atoms with van der Waals surface area (Å²) in [6.07, 6.45) is 1.95. The van der Waals surface area contributed by atoms with Crippen molar-refractivity contribution in [1.82, 2.24) is 4.98 Å². The second kappa shape index (κ2) is 3.61. The predicted molar refractivity (Wildman–Crippen MR) is 55.4 cm³/mol. The first-order valence-corrected chi connectivity index (χ1v) is 5.74. The van der Waals surface area contributed by atoms with E-state index in [1.54, 1.807) is 5.51 Å². The molecule has 2 rings (SSSR count). The number of aromatic nitrogens is 1. The summed E-state index contributed by atoms with van der Waals surface area (Å²) in [7, 11) is 0. The SMILES string of the molecule is Cc1ncsc1C1(O)CCC(C)OC1. The third kappa shape index (κ3) is 1.69. The molecule has 0 bridgehead atoms. The van der Waals surface area contributed by atoms with Gasteiger partial charge in [-0.2, -0.15) is 0 Å². The minimum atomic E-state index is -0.794. The Bertz CT molecular complexity index is 316. The monoisotopic (exact) mass is 213 g/mol. The van der Waals surface area contributed by atoms with Crippen molar-refractivity contribution < 1.29 is 9.84 Å². The number of hydrogen-bond acceptors (Lipinski definition) is 4. The van der Waals surface area contributed by atoms with Gasteiger partial charge in [0.2, 0.25) is 0 Å². The van der Waals surface area contributed by atoms with Gasteiger partial charge < -0.3 is 9.84 Å². The first-order valence-electron chi connectivity index (χ1n) is 4.86. The topological polar surface area (TPSA) is 42.4 Å². The molecule has 1 N–H and O–H groups in total. The van der Waals surface area contributed by atoms with Crippen LogP contribution in [0.1, 0.15) is 30.3 Å². The van der Waals surface area contributed by atoms with E-state index in [-0.39, 0.29) is 6.10 Å². The lowest BCUT2D eigenvalue weighted by Gasteiger charge is -2.34. The standard InChI is InChI=1S/C10H15NO2S/c1-7-3-4-10(12,5-13-7)9-8(2)11-6-14-9/h6-7,12H,3-5H2,1-2H3. The Kier molecular flexibility index (Phi) is 2.60. The number of nitrogens with zero attached hydrogens (tertiary/aromatic N) is 1. The number of aryl methyl sites for hydroxylation is 1. The number of aliphatic hydroxyl groups is 1. The summed E-state index contributed by atoms with van der Waals surface area (Å²) in [4.78, 5) is 5.12. The van der Waals surface area contributed by atoms with E-state index < -0.39 is 5.60 Å². The van der Waals surface area contributed by atoms with Gasteiger partial charge in [-0.25, -0.2) is 4.98 Å². The van der Waals surface area contributed by atoms with Gasteiger partial charge in [0, 0.05) is 0 Å². The molecule has 14 heavy (non-hydrogen) atoms. The van der Waals surface area contributed by atoms with Crippen LogP contribution in [0.5, 0.6) is 0 Å². The molecule has 0 spiro atoms. The van der Waals surface area contributed by atoms with Crippen molar-refractivity contribution in [1.29, 1.82) is 0 Å². The van der Waals surface area contributed by atoms with E-state index in [9.17, 15) is 5.11 Å². The van der Waals surface area contributed by atoms with Crippen LogP contribution in [0.4, 0.5) is 0 Å². The van der Waals surface area contributed by atoms with Crippen LogP contribution in [0.15, 0.2) is 5.51 Å². The summed E-state index contributed by atoms with van der Waals surface area (Å²) >= 11 is 1.52. The van der Waals surface area contributed by atoms with Crippen molar-refractivity contribution in [2.24, 2.45) is 0 Å². The Labute approximate surface area is 87.7 Å². The Morgan fingerprint density at radius 1 is 1.71 bits per heavy atom. The molecule has 1 fully saturated rings. The summed E-state index contributed by atoms with van der Waals surface area (Å²) in [5, 5.41) is 10.4. The average molecular weight is 213 g/mol. The Morgan fingerprint density at radius 3 is 3.00 bits per heavy atom. The number of rotatable bonds is 1. The quantitative estimate of drug-likeness (QED) is 0.774. The highest BCUT2D eigenvalue weighted by atomic mass is 32.1. The summed E-state index contributed by atoms with van der Waals surface area (Å²) in [6, 6.07) is 0. The smallest absolute Gasteiger partial charge is 0.124 e. The van der Waals surface area contributed by atoms with E-state index in [2.05, 4.69) is 4.98 Å². The van der Waals surface area contributed by atoms with Crippen molar-refractivity contribution in [3.8, 4) is 0 Å². The zero-order valence-corrected chi connectivity index (χ0v) is 9.30. The zero-order chi connectivity index (χ0) is 10.2. The molecule has 2 unspecified atom stereocenters. The predicted octanol–water partition coefficient (Wildman–Crippen LogP) is 1.84. The molecular weight excluding hydrogens is 198 g/mol. The second-order valence-electron chi connectivity index (χ2n) is 3.96. The lowest BCUT2D eigenvalue weighted by Crippen LogP contribution is -2.38.